The second kappa shape index (κ2) is 14.3. The molecule has 4 aromatic carbocycles. The molecular formula is C33H28Cl2N2O4. The van der Waals surface area contributed by atoms with Crippen molar-refractivity contribution in [3.63, 3.8) is 0 Å². The van der Waals surface area contributed by atoms with Gasteiger partial charge in [-0.1, -0.05) is 71.2 Å². The van der Waals surface area contributed by atoms with Gasteiger partial charge in [0.25, 0.3) is 5.91 Å². The summed E-state index contributed by atoms with van der Waals surface area (Å²) >= 11 is 12.7. The molecule has 0 aliphatic carbocycles. The highest BCUT2D eigenvalue weighted by Gasteiger charge is 2.15. The number of ether oxygens (including phenoxy) is 3. The van der Waals surface area contributed by atoms with Crippen molar-refractivity contribution in [2.24, 2.45) is 0 Å². The van der Waals surface area contributed by atoms with Crippen LogP contribution in [0.2, 0.25) is 10.0 Å². The molecule has 6 nitrogen and oxygen atoms in total. The first-order valence-electron chi connectivity index (χ1n) is 12.9. The van der Waals surface area contributed by atoms with E-state index in [0.717, 1.165) is 16.7 Å². The molecule has 0 atom stereocenters. The largest absolute Gasteiger partial charge is 0.490 e. The lowest BCUT2D eigenvalue weighted by Crippen LogP contribution is -2.13. The Morgan fingerprint density at radius 1 is 0.902 bits per heavy atom. The van der Waals surface area contributed by atoms with Crippen molar-refractivity contribution < 1.29 is 19.0 Å². The highest BCUT2D eigenvalue weighted by molar-refractivity contribution is 6.32. The lowest BCUT2D eigenvalue weighted by Gasteiger charge is -2.15. The fraction of sp³-hybridized carbons (Fsp3) is 0.152. The van der Waals surface area contributed by atoms with Crippen molar-refractivity contribution >= 4 is 40.9 Å². The third-order valence-corrected chi connectivity index (χ3v) is 6.63. The van der Waals surface area contributed by atoms with Crippen molar-refractivity contribution in [1.29, 1.82) is 5.26 Å². The van der Waals surface area contributed by atoms with Gasteiger partial charge in [-0.15, -0.1) is 0 Å². The molecule has 208 valence electrons. The van der Waals surface area contributed by atoms with Crippen LogP contribution in [-0.4, -0.2) is 12.5 Å². The van der Waals surface area contributed by atoms with E-state index in [1.807, 2.05) is 62.4 Å². The van der Waals surface area contributed by atoms with Crippen LogP contribution in [0, 0.1) is 18.3 Å². The average molecular weight is 588 g/mol. The Morgan fingerprint density at radius 3 is 2.32 bits per heavy atom. The maximum atomic E-state index is 12.9. The molecule has 0 aliphatic heterocycles. The van der Waals surface area contributed by atoms with Crippen molar-refractivity contribution in [3.8, 4) is 23.3 Å². The van der Waals surface area contributed by atoms with Gasteiger partial charge in [0.2, 0.25) is 0 Å². The molecule has 0 bridgehead atoms. The second-order valence-corrected chi connectivity index (χ2v) is 9.88. The van der Waals surface area contributed by atoms with Crippen LogP contribution >= 0.6 is 23.2 Å². The molecule has 1 N–H and O–H groups in total. The number of aryl methyl sites for hydroxylation is 1. The summed E-state index contributed by atoms with van der Waals surface area (Å²) in [5, 5.41) is 13.4. The minimum atomic E-state index is -0.564. The van der Waals surface area contributed by atoms with Gasteiger partial charge in [0.1, 0.15) is 30.6 Å². The molecule has 0 saturated carbocycles. The van der Waals surface area contributed by atoms with Gasteiger partial charge >= 0.3 is 0 Å². The first-order valence-corrected chi connectivity index (χ1v) is 13.7. The summed E-state index contributed by atoms with van der Waals surface area (Å²) in [6.07, 6.45) is 1.45. The van der Waals surface area contributed by atoms with Gasteiger partial charge in [-0.2, -0.15) is 5.26 Å². The number of nitriles is 1. The summed E-state index contributed by atoms with van der Waals surface area (Å²) in [4.78, 5) is 12.9. The summed E-state index contributed by atoms with van der Waals surface area (Å²) in [6.45, 7) is 4.88. The van der Waals surface area contributed by atoms with E-state index < -0.39 is 5.91 Å². The normalized spacial score (nSPS) is 11.0. The molecule has 1 amide bonds. The van der Waals surface area contributed by atoms with Crippen LogP contribution in [0.3, 0.4) is 0 Å². The number of nitrogens with zero attached hydrogens (tertiary/aromatic N) is 1. The number of carbonyl (C=O) groups excluding carboxylic acids is 1. The van der Waals surface area contributed by atoms with Crippen LogP contribution in [0.5, 0.6) is 17.2 Å². The Hall–Kier alpha value is -4.44. The quantitative estimate of drug-likeness (QED) is 0.141. The standard InChI is InChI=1S/C33H28Cl2N2O4/c1-3-39-31-18-24(17-30(35)32(31)41-20-23-10-8-22(2)9-11-23)16-26(19-36)33(38)37-27-12-14-28(15-13-27)40-21-25-6-4-5-7-29(25)34/h4-18H,3,20-21H2,1-2H3,(H,37,38)/b26-16+. The first kappa shape index (κ1) is 29.5. The maximum Gasteiger partial charge on any atom is 0.266 e. The van der Waals surface area contributed by atoms with E-state index in [-0.39, 0.29) is 5.57 Å². The average Bonchev–Trinajstić information content (AvgIpc) is 2.97. The van der Waals surface area contributed by atoms with Gasteiger partial charge in [0.05, 0.1) is 11.6 Å². The van der Waals surface area contributed by atoms with Crippen molar-refractivity contribution in [1.82, 2.24) is 0 Å². The van der Waals surface area contributed by atoms with E-state index in [2.05, 4.69) is 5.32 Å². The highest BCUT2D eigenvalue weighted by Crippen LogP contribution is 2.38. The lowest BCUT2D eigenvalue weighted by atomic mass is 10.1. The smallest absolute Gasteiger partial charge is 0.266 e. The van der Waals surface area contributed by atoms with E-state index in [1.165, 1.54) is 6.08 Å². The zero-order valence-corrected chi connectivity index (χ0v) is 24.1. The van der Waals surface area contributed by atoms with E-state index in [4.69, 9.17) is 37.4 Å². The Labute approximate surface area is 249 Å². The molecule has 0 radical (unpaired) electrons. The molecular weight excluding hydrogens is 559 g/mol. The summed E-state index contributed by atoms with van der Waals surface area (Å²) in [5.74, 6) is 0.863. The third-order valence-electron chi connectivity index (χ3n) is 5.98. The first-order chi connectivity index (χ1) is 19.9. The molecule has 8 heteroatoms. The van der Waals surface area contributed by atoms with Gasteiger partial charge < -0.3 is 19.5 Å². The molecule has 0 fully saturated rings. The number of anilines is 1. The fourth-order valence-electron chi connectivity index (χ4n) is 3.84. The van der Waals surface area contributed by atoms with E-state index in [0.29, 0.717) is 58.4 Å². The predicted octanol–water partition coefficient (Wildman–Crippen LogP) is 8.40. The van der Waals surface area contributed by atoms with Crippen molar-refractivity contribution in [2.75, 3.05) is 11.9 Å². The van der Waals surface area contributed by atoms with Crippen LogP contribution in [0.25, 0.3) is 6.08 Å². The van der Waals surface area contributed by atoms with E-state index in [1.54, 1.807) is 42.5 Å². The molecule has 0 spiro atoms. The molecule has 0 unspecified atom stereocenters. The zero-order valence-electron chi connectivity index (χ0n) is 22.6. The van der Waals surface area contributed by atoms with Crippen LogP contribution in [0.15, 0.2) is 90.5 Å². The Bertz CT molecular complexity index is 1580. The van der Waals surface area contributed by atoms with Gasteiger partial charge in [0, 0.05) is 16.3 Å². The predicted molar refractivity (Wildman–Crippen MR) is 163 cm³/mol. The van der Waals surface area contributed by atoms with Crippen LogP contribution < -0.4 is 19.5 Å². The number of halogens is 2. The highest BCUT2D eigenvalue weighted by atomic mass is 35.5. The van der Waals surface area contributed by atoms with Crippen molar-refractivity contribution in [3.05, 3.63) is 123 Å². The van der Waals surface area contributed by atoms with Crippen LogP contribution in [0.1, 0.15) is 29.2 Å². The summed E-state index contributed by atoms with van der Waals surface area (Å²) in [7, 11) is 0. The summed E-state index contributed by atoms with van der Waals surface area (Å²) < 4.78 is 17.5. The number of hydrogen-bond donors (Lipinski definition) is 1. The maximum absolute atomic E-state index is 12.9. The van der Waals surface area contributed by atoms with E-state index in [9.17, 15) is 10.1 Å². The lowest BCUT2D eigenvalue weighted by molar-refractivity contribution is -0.112. The van der Waals surface area contributed by atoms with E-state index >= 15 is 0 Å². The minimum Gasteiger partial charge on any atom is -0.490 e. The van der Waals surface area contributed by atoms with Gasteiger partial charge in [0.15, 0.2) is 11.5 Å². The number of amides is 1. The van der Waals surface area contributed by atoms with Gasteiger partial charge in [-0.25, -0.2) is 0 Å². The molecule has 0 saturated heterocycles. The minimum absolute atomic E-state index is 0.101. The van der Waals surface area contributed by atoms with Crippen LogP contribution in [-0.2, 0) is 18.0 Å². The molecule has 0 aromatic heterocycles. The number of nitrogens with one attached hydrogen (secondary N) is 1. The SMILES string of the molecule is CCOc1cc(/C=C(\C#N)C(=O)Nc2ccc(OCc3ccccc3Cl)cc2)cc(Cl)c1OCc1ccc(C)cc1. The Kier molecular flexibility index (Phi) is 10.3. The molecule has 4 aromatic rings. The van der Waals surface area contributed by atoms with Gasteiger partial charge in [-0.3, -0.25) is 4.79 Å². The summed E-state index contributed by atoms with van der Waals surface area (Å²) in [6, 6.07) is 27.6. The topological polar surface area (TPSA) is 80.6 Å². The second-order valence-electron chi connectivity index (χ2n) is 9.07. The number of benzene rings is 4. The molecule has 0 heterocycles. The Balaban J connectivity index is 1.44. The van der Waals surface area contributed by atoms with Gasteiger partial charge in [-0.05, 0) is 73.5 Å². The monoisotopic (exact) mass is 586 g/mol. The third kappa shape index (κ3) is 8.28. The Morgan fingerprint density at radius 2 is 1.63 bits per heavy atom. The number of hydrogen-bond acceptors (Lipinski definition) is 5. The number of carbonyl (C=O) groups is 1. The molecule has 0 aliphatic rings. The van der Waals surface area contributed by atoms with Crippen LogP contribution in [0.4, 0.5) is 5.69 Å². The molecule has 4 rings (SSSR count). The fourth-order valence-corrected chi connectivity index (χ4v) is 4.30. The summed E-state index contributed by atoms with van der Waals surface area (Å²) in [5.41, 5.74) is 3.95. The molecule has 41 heavy (non-hydrogen) atoms. The van der Waals surface area contributed by atoms with Crippen molar-refractivity contribution in [2.45, 2.75) is 27.1 Å². The number of rotatable bonds is 11. The zero-order chi connectivity index (χ0) is 29.2.